The van der Waals surface area contributed by atoms with Crippen LogP contribution in [0.5, 0.6) is 0 Å². The summed E-state index contributed by atoms with van der Waals surface area (Å²) in [6.07, 6.45) is 8.09. The maximum Gasteiger partial charge on any atom is -0.0224 e. The van der Waals surface area contributed by atoms with Crippen molar-refractivity contribution in [2.24, 2.45) is 22.7 Å². The van der Waals surface area contributed by atoms with Gasteiger partial charge in [0, 0.05) is 0 Å². The van der Waals surface area contributed by atoms with Gasteiger partial charge in [-0.3, -0.25) is 0 Å². The fraction of sp³-hybridized carbons (Fsp3) is 1.00. The Morgan fingerprint density at radius 3 is 1.78 bits per heavy atom. The molecule has 0 aromatic heterocycles. The van der Waals surface area contributed by atoms with E-state index in [2.05, 4.69) is 0 Å². The van der Waals surface area contributed by atoms with Crippen molar-refractivity contribution in [2.45, 2.75) is 32.1 Å². The molecule has 2 atom stereocenters. The van der Waals surface area contributed by atoms with Gasteiger partial charge in [-0.05, 0) is 48.3 Å². The predicted octanol–water partition coefficient (Wildman–Crippen LogP) is 2.20. The van der Waals surface area contributed by atoms with E-state index in [1.54, 1.807) is 32.1 Å². The molecule has 0 aliphatic heterocycles. The summed E-state index contributed by atoms with van der Waals surface area (Å²) in [4.78, 5) is 0. The van der Waals surface area contributed by atoms with Crippen LogP contribution in [-0.2, 0) is 0 Å². The van der Waals surface area contributed by atoms with E-state index in [1.165, 1.54) is 11.8 Å². The Hall–Kier alpha value is 0. The lowest BCUT2D eigenvalue weighted by Gasteiger charge is -2.49. The molecule has 4 aliphatic rings. The Balaban J connectivity index is 1.86. The van der Waals surface area contributed by atoms with Gasteiger partial charge in [-0.25, -0.2) is 0 Å². The molecule has 0 nitrogen and oxygen atoms in total. The Morgan fingerprint density at radius 1 is 0.889 bits per heavy atom. The lowest BCUT2D eigenvalue weighted by atomic mass is 9.56. The van der Waals surface area contributed by atoms with Crippen molar-refractivity contribution < 1.29 is 0 Å². The van der Waals surface area contributed by atoms with E-state index in [1.807, 2.05) is 0 Å². The molecule has 0 aromatic rings. The third-order valence-corrected chi connectivity index (χ3v) is 4.91. The van der Waals surface area contributed by atoms with Gasteiger partial charge in [0.05, 0.1) is 0 Å². The second-order valence-electron chi connectivity index (χ2n) is 4.83. The van der Waals surface area contributed by atoms with Crippen LogP contribution < -0.4 is 0 Å². The van der Waals surface area contributed by atoms with Gasteiger partial charge in [0.15, 0.2) is 0 Å². The van der Waals surface area contributed by atoms with Crippen molar-refractivity contribution in [3.05, 3.63) is 0 Å². The quantitative estimate of drug-likeness (QED) is 0.459. The van der Waals surface area contributed by atoms with Crippen LogP contribution in [0.15, 0.2) is 0 Å². The van der Waals surface area contributed by atoms with Gasteiger partial charge in [0.25, 0.3) is 0 Å². The first-order valence-corrected chi connectivity index (χ1v) is 4.39. The maximum atomic E-state index is 1.65. The van der Waals surface area contributed by atoms with Crippen LogP contribution in [0, 0.1) is 22.7 Å². The van der Waals surface area contributed by atoms with E-state index < -0.39 is 0 Å². The summed E-state index contributed by atoms with van der Waals surface area (Å²) in [6.45, 7) is 0. The molecule has 0 saturated heterocycles. The van der Waals surface area contributed by atoms with Crippen LogP contribution in [-0.4, -0.2) is 0 Å². The van der Waals surface area contributed by atoms with E-state index in [0.29, 0.717) is 0 Å². The normalized spacial score (nSPS) is 69.3. The van der Waals surface area contributed by atoms with Gasteiger partial charge in [0.1, 0.15) is 0 Å². The molecule has 9 heavy (non-hydrogen) atoms. The minimum atomic E-state index is 1.00. The summed E-state index contributed by atoms with van der Waals surface area (Å²) in [5.74, 6) is 2.53. The van der Waals surface area contributed by atoms with Crippen molar-refractivity contribution in [1.82, 2.24) is 0 Å². The first-order valence-electron chi connectivity index (χ1n) is 4.39. The van der Waals surface area contributed by atoms with E-state index in [0.717, 1.165) is 10.8 Å². The summed E-state index contributed by atoms with van der Waals surface area (Å²) < 4.78 is 0. The summed E-state index contributed by atoms with van der Waals surface area (Å²) in [5, 5.41) is 0. The average molecular weight is 120 g/mol. The van der Waals surface area contributed by atoms with Crippen molar-refractivity contribution in [1.29, 1.82) is 0 Å². The van der Waals surface area contributed by atoms with Crippen LogP contribution in [0.25, 0.3) is 0 Å². The van der Waals surface area contributed by atoms with E-state index in [-0.39, 0.29) is 0 Å². The number of hydrogen-bond donors (Lipinski definition) is 0. The van der Waals surface area contributed by atoms with Crippen LogP contribution in [0.1, 0.15) is 32.1 Å². The van der Waals surface area contributed by atoms with E-state index in [9.17, 15) is 0 Å². The van der Waals surface area contributed by atoms with Crippen molar-refractivity contribution in [3.63, 3.8) is 0 Å². The third kappa shape index (κ3) is 0.199. The maximum absolute atomic E-state index is 1.65. The zero-order valence-corrected chi connectivity index (χ0v) is 5.69. The van der Waals surface area contributed by atoms with E-state index >= 15 is 0 Å². The second kappa shape index (κ2) is 0.741. The van der Waals surface area contributed by atoms with Gasteiger partial charge in [-0.2, -0.15) is 0 Å². The van der Waals surface area contributed by atoms with Crippen molar-refractivity contribution >= 4 is 0 Å². The molecule has 0 N–H and O–H groups in total. The molecule has 48 valence electrons. The number of fused-ring (bicyclic) bond motifs is 2. The van der Waals surface area contributed by atoms with Crippen molar-refractivity contribution in [3.8, 4) is 0 Å². The van der Waals surface area contributed by atoms with Gasteiger partial charge in [-0.1, -0.05) is 6.42 Å². The SMILES string of the molecule is C1CC2(C1)C1CC13CC23. The molecule has 4 rings (SSSR count). The fourth-order valence-corrected chi connectivity index (χ4v) is 4.23. The summed E-state index contributed by atoms with van der Waals surface area (Å²) >= 11 is 0. The minimum absolute atomic E-state index is 1.00. The van der Waals surface area contributed by atoms with Gasteiger partial charge >= 0.3 is 0 Å². The highest BCUT2D eigenvalue weighted by Gasteiger charge is 2.90. The van der Waals surface area contributed by atoms with Crippen LogP contribution in [0.3, 0.4) is 0 Å². The third-order valence-electron chi connectivity index (χ3n) is 4.91. The minimum Gasteiger partial charge on any atom is -0.0522 e. The second-order valence-corrected chi connectivity index (χ2v) is 4.83. The smallest absolute Gasteiger partial charge is 0.0224 e. The molecule has 0 heteroatoms. The molecular formula is C9H12. The summed E-state index contributed by atoms with van der Waals surface area (Å²) in [7, 11) is 0. The molecule has 0 aromatic carbocycles. The van der Waals surface area contributed by atoms with Crippen molar-refractivity contribution in [2.75, 3.05) is 0 Å². The standard InChI is InChI=1S/C9H12/c1-2-8(3-1)6-4-9(6)5-7(8)9/h6-7H,1-5H2. The van der Waals surface area contributed by atoms with Crippen LogP contribution in [0.2, 0.25) is 0 Å². The Bertz CT molecular complexity index is 182. The first kappa shape index (κ1) is 4.00. The number of rotatable bonds is 0. The highest BCUT2D eigenvalue weighted by atomic mass is 14.9. The molecule has 0 amide bonds. The molecular weight excluding hydrogens is 108 g/mol. The highest BCUT2D eigenvalue weighted by molar-refractivity contribution is 5.38. The molecule has 0 radical (unpaired) electrons. The number of hydrogen-bond acceptors (Lipinski definition) is 0. The molecule has 0 heterocycles. The largest absolute Gasteiger partial charge is 0.0522 e. The molecule has 4 aliphatic carbocycles. The Morgan fingerprint density at radius 2 is 1.56 bits per heavy atom. The molecule has 2 spiro atoms. The van der Waals surface area contributed by atoms with Gasteiger partial charge < -0.3 is 0 Å². The average Bonchev–Trinajstić information content (AvgIpc) is 2.55. The molecule has 0 bridgehead atoms. The fourth-order valence-electron chi connectivity index (χ4n) is 4.23. The lowest BCUT2D eigenvalue weighted by Crippen LogP contribution is -2.41. The highest BCUT2D eigenvalue weighted by Crippen LogP contribution is 2.97. The topological polar surface area (TPSA) is 0 Å². The zero-order chi connectivity index (χ0) is 5.69. The van der Waals surface area contributed by atoms with Crippen LogP contribution in [0.4, 0.5) is 0 Å². The molecule has 4 fully saturated rings. The van der Waals surface area contributed by atoms with Crippen LogP contribution >= 0.6 is 0 Å². The zero-order valence-electron chi connectivity index (χ0n) is 5.69. The van der Waals surface area contributed by atoms with E-state index in [4.69, 9.17) is 0 Å². The molecule has 4 saturated carbocycles. The Labute approximate surface area is 55.6 Å². The predicted molar refractivity (Wildman–Crippen MR) is 34.9 cm³/mol. The monoisotopic (exact) mass is 120 g/mol. The summed E-state index contributed by atoms with van der Waals surface area (Å²) in [6, 6.07) is 0. The first-order chi connectivity index (χ1) is 4.39. The Kier molecular flexibility index (Phi) is 0.329. The lowest BCUT2D eigenvalue weighted by molar-refractivity contribution is 0.00255. The van der Waals surface area contributed by atoms with Gasteiger partial charge in [-0.15, -0.1) is 0 Å². The summed E-state index contributed by atoms with van der Waals surface area (Å²) in [5.41, 5.74) is 2.04. The molecule has 2 unspecified atom stereocenters. The van der Waals surface area contributed by atoms with Gasteiger partial charge in [0.2, 0.25) is 0 Å².